The van der Waals surface area contributed by atoms with Crippen LogP contribution in [0.15, 0.2) is 0 Å². The largest absolute Gasteiger partial charge is 0.450 e. The summed E-state index contributed by atoms with van der Waals surface area (Å²) in [6.45, 7) is 11.0. The number of rotatable bonds is 5. The first kappa shape index (κ1) is 30.8. The van der Waals surface area contributed by atoms with Crippen molar-refractivity contribution < 1.29 is 33.8 Å². The van der Waals surface area contributed by atoms with Crippen LogP contribution in [0.25, 0.3) is 0 Å². The van der Waals surface area contributed by atoms with Crippen LogP contribution in [0.3, 0.4) is 0 Å². The van der Waals surface area contributed by atoms with Crippen LogP contribution in [0.4, 0.5) is 0 Å². The molecule has 3 fully saturated rings. The maximum atomic E-state index is 13.8. The van der Waals surface area contributed by atoms with E-state index in [1.54, 1.807) is 6.92 Å². The van der Waals surface area contributed by atoms with Crippen LogP contribution < -0.4 is 5.32 Å². The Labute approximate surface area is 231 Å². The van der Waals surface area contributed by atoms with Gasteiger partial charge in [-0.2, -0.15) is 0 Å². The first-order chi connectivity index (χ1) is 18.2. The van der Waals surface area contributed by atoms with E-state index in [-0.39, 0.29) is 17.7 Å². The maximum absolute atomic E-state index is 13.8. The summed E-state index contributed by atoms with van der Waals surface area (Å²) in [5, 5.41) is 13.8. The van der Waals surface area contributed by atoms with E-state index < -0.39 is 59.6 Å². The van der Waals surface area contributed by atoms with Crippen molar-refractivity contribution in [1.29, 1.82) is 0 Å². The molecule has 6 atom stereocenters. The quantitative estimate of drug-likeness (QED) is 0.489. The van der Waals surface area contributed by atoms with Crippen LogP contribution in [-0.4, -0.2) is 105 Å². The number of likely N-dealkylation sites (N-methyl/N-ethyl adjacent to an activating group) is 1. The van der Waals surface area contributed by atoms with E-state index in [0.29, 0.717) is 51.6 Å². The van der Waals surface area contributed by atoms with Gasteiger partial charge in [0.25, 0.3) is 5.91 Å². The van der Waals surface area contributed by atoms with Gasteiger partial charge < -0.3 is 29.9 Å². The molecule has 0 radical (unpaired) electrons. The molecular weight excluding hydrogens is 504 g/mol. The minimum Gasteiger partial charge on any atom is -0.450 e. The van der Waals surface area contributed by atoms with Crippen LogP contribution >= 0.6 is 0 Å². The van der Waals surface area contributed by atoms with Crippen molar-refractivity contribution in [3.63, 3.8) is 0 Å². The predicted molar refractivity (Wildman–Crippen MR) is 143 cm³/mol. The normalized spacial score (nSPS) is 30.5. The molecule has 0 aliphatic carbocycles. The molecule has 11 nitrogen and oxygen atoms in total. The molecule has 0 unspecified atom stereocenters. The van der Waals surface area contributed by atoms with Crippen molar-refractivity contribution >= 4 is 29.6 Å². The number of amides is 4. The highest BCUT2D eigenvalue weighted by Gasteiger charge is 2.48. The molecule has 0 aromatic rings. The minimum absolute atomic E-state index is 0.0306. The smallest absolute Gasteiger partial charge is 0.332 e. The number of carbonyl (C=O) groups excluding carboxylic acids is 5. The van der Waals surface area contributed by atoms with Crippen molar-refractivity contribution in [1.82, 2.24) is 20.0 Å². The molecular formula is C28H46N4O7. The third kappa shape index (κ3) is 6.56. The van der Waals surface area contributed by atoms with Crippen molar-refractivity contribution in [2.45, 2.75) is 116 Å². The highest BCUT2D eigenvalue weighted by atomic mass is 16.6. The number of esters is 1. The van der Waals surface area contributed by atoms with Crippen LogP contribution in [0.5, 0.6) is 0 Å². The van der Waals surface area contributed by atoms with E-state index in [1.165, 1.54) is 30.7 Å². The lowest BCUT2D eigenvalue weighted by atomic mass is 9.94. The molecule has 3 saturated heterocycles. The van der Waals surface area contributed by atoms with Gasteiger partial charge in [-0.1, -0.05) is 27.7 Å². The van der Waals surface area contributed by atoms with Crippen molar-refractivity contribution in [3.8, 4) is 0 Å². The molecule has 4 amide bonds. The number of fused-ring (bicyclic) bond motifs is 2. The van der Waals surface area contributed by atoms with Gasteiger partial charge in [-0.15, -0.1) is 0 Å². The van der Waals surface area contributed by atoms with E-state index in [0.717, 1.165) is 4.90 Å². The maximum Gasteiger partial charge on any atom is 0.332 e. The van der Waals surface area contributed by atoms with Gasteiger partial charge in [0.05, 0.1) is 5.60 Å². The zero-order valence-corrected chi connectivity index (χ0v) is 24.4. The highest BCUT2D eigenvalue weighted by molar-refractivity contribution is 5.97. The molecule has 2 N–H and O–H groups in total. The highest BCUT2D eigenvalue weighted by Crippen LogP contribution is 2.29. The van der Waals surface area contributed by atoms with Gasteiger partial charge in [-0.25, -0.2) is 4.79 Å². The average molecular weight is 551 g/mol. The lowest BCUT2D eigenvalue weighted by Crippen LogP contribution is -2.61. The van der Waals surface area contributed by atoms with Crippen molar-refractivity contribution in [2.24, 2.45) is 11.8 Å². The summed E-state index contributed by atoms with van der Waals surface area (Å²) in [6.07, 6.45) is 1.82. The fraction of sp³-hybridized carbons (Fsp3) is 0.821. The van der Waals surface area contributed by atoms with Crippen molar-refractivity contribution in [3.05, 3.63) is 0 Å². The number of aliphatic hydroxyl groups is 1. The standard InChI is InChI=1S/C28H46N4O7/c1-8-17(4)21-26(36)32-14-10-12-20(32)25(35)31-13-9-11-19(31)23(33)29-18(15-16(2)3)24(34)30(7)22(27(37)39-21)28(5,6)38/h16-22,38H,8-15H2,1-7H3,(H,29,33)/t17-,18+,19+,20-,21-,22-/m1/s1. The summed E-state index contributed by atoms with van der Waals surface area (Å²) in [4.78, 5) is 72.6. The Kier molecular flexibility index (Phi) is 9.67. The van der Waals surface area contributed by atoms with Crippen molar-refractivity contribution in [2.75, 3.05) is 20.1 Å². The van der Waals surface area contributed by atoms with Crippen LogP contribution in [0, 0.1) is 11.8 Å². The van der Waals surface area contributed by atoms with Gasteiger partial charge in [-0.05, 0) is 58.3 Å². The second-order valence-corrected chi connectivity index (χ2v) is 12.3. The van der Waals surface area contributed by atoms with E-state index in [9.17, 15) is 29.1 Å². The molecule has 0 bridgehead atoms. The van der Waals surface area contributed by atoms with Gasteiger partial charge in [0.1, 0.15) is 18.1 Å². The Morgan fingerprint density at radius 2 is 1.51 bits per heavy atom. The van der Waals surface area contributed by atoms with E-state index in [2.05, 4.69) is 5.32 Å². The van der Waals surface area contributed by atoms with Crippen LogP contribution in [0.1, 0.15) is 80.1 Å². The molecule has 39 heavy (non-hydrogen) atoms. The molecule has 220 valence electrons. The third-order valence-electron chi connectivity index (χ3n) is 8.26. The summed E-state index contributed by atoms with van der Waals surface area (Å²) in [5.41, 5.74) is -1.71. The van der Waals surface area contributed by atoms with Gasteiger partial charge >= 0.3 is 5.97 Å². The lowest BCUT2D eigenvalue weighted by molar-refractivity contribution is -0.177. The van der Waals surface area contributed by atoms with Crippen LogP contribution in [-0.2, 0) is 28.7 Å². The van der Waals surface area contributed by atoms with Crippen LogP contribution in [0.2, 0.25) is 0 Å². The molecule has 0 spiro atoms. The predicted octanol–water partition coefficient (Wildman–Crippen LogP) is 1.07. The Morgan fingerprint density at radius 3 is 2.05 bits per heavy atom. The topological polar surface area (TPSA) is 137 Å². The van der Waals surface area contributed by atoms with Gasteiger partial charge in [0.2, 0.25) is 17.7 Å². The average Bonchev–Trinajstić information content (AvgIpc) is 3.53. The molecule has 0 aromatic heterocycles. The number of hydrogen-bond acceptors (Lipinski definition) is 7. The first-order valence-corrected chi connectivity index (χ1v) is 14.3. The lowest BCUT2D eigenvalue weighted by Gasteiger charge is -2.38. The first-order valence-electron chi connectivity index (χ1n) is 14.3. The molecule has 0 aromatic carbocycles. The minimum atomic E-state index is -1.71. The Bertz CT molecular complexity index is 962. The van der Waals surface area contributed by atoms with Gasteiger partial charge in [0.15, 0.2) is 12.1 Å². The number of cyclic esters (lactones) is 1. The molecule has 3 rings (SSSR count). The fourth-order valence-electron chi connectivity index (χ4n) is 6.01. The van der Waals surface area contributed by atoms with Gasteiger partial charge in [0, 0.05) is 26.1 Å². The Hall–Kier alpha value is -2.69. The number of nitrogens with one attached hydrogen (secondary N) is 1. The summed E-state index contributed by atoms with van der Waals surface area (Å²) in [7, 11) is 1.39. The van der Waals surface area contributed by atoms with E-state index in [1.807, 2.05) is 20.8 Å². The fourth-order valence-corrected chi connectivity index (χ4v) is 6.01. The zero-order chi connectivity index (χ0) is 29.2. The van der Waals surface area contributed by atoms with E-state index >= 15 is 0 Å². The number of ether oxygens (including phenoxy) is 1. The Morgan fingerprint density at radius 1 is 0.949 bits per heavy atom. The molecule has 11 heteroatoms. The summed E-state index contributed by atoms with van der Waals surface area (Å²) in [5.74, 6) is -3.00. The molecule has 3 aliphatic heterocycles. The summed E-state index contributed by atoms with van der Waals surface area (Å²) in [6, 6.07) is -3.90. The summed E-state index contributed by atoms with van der Waals surface area (Å²) < 4.78 is 5.82. The second-order valence-electron chi connectivity index (χ2n) is 12.3. The zero-order valence-electron chi connectivity index (χ0n) is 24.4. The van der Waals surface area contributed by atoms with E-state index in [4.69, 9.17) is 4.74 Å². The monoisotopic (exact) mass is 550 g/mol. The van der Waals surface area contributed by atoms with Gasteiger partial charge in [-0.3, -0.25) is 19.2 Å². The SMILES string of the molecule is CC[C@@H](C)[C@H]1OC(=O)[C@H](C(C)(C)O)N(C)C(=O)[C@H](CC(C)C)NC(=O)[C@@H]2CCCN2C(=O)[C@H]2CCCN2C1=O. The number of carbonyl (C=O) groups is 5. The second kappa shape index (κ2) is 12.2. The number of nitrogens with zero attached hydrogens (tertiary/aromatic N) is 3. The molecule has 3 heterocycles. The summed E-state index contributed by atoms with van der Waals surface area (Å²) >= 11 is 0. The molecule has 3 aliphatic rings. The molecule has 0 saturated carbocycles. The number of hydrogen-bond donors (Lipinski definition) is 2. The third-order valence-corrected chi connectivity index (χ3v) is 8.26. The Balaban J connectivity index is 2.12.